The summed E-state index contributed by atoms with van der Waals surface area (Å²) in [6.45, 7) is 4.86. The highest BCUT2D eigenvalue weighted by Gasteiger charge is 2.12. The molecule has 2 aromatic rings. The van der Waals surface area contributed by atoms with E-state index < -0.39 is 11.9 Å². The van der Waals surface area contributed by atoms with E-state index in [0.29, 0.717) is 23.6 Å². The van der Waals surface area contributed by atoms with Gasteiger partial charge in [0.15, 0.2) is 24.7 Å². The minimum atomic E-state index is -0.646. The average molecular weight is 369 g/mol. The zero-order valence-electron chi connectivity index (χ0n) is 15.5. The van der Waals surface area contributed by atoms with Crippen LogP contribution in [0.25, 0.3) is 0 Å². The Hall–Kier alpha value is -3.28. The summed E-state index contributed by atoms with van der Waals surface area (Å²) in [5.41, 5.74) is 2.62. The normalized spacial score (nSPS) is 10.0. The number of nitrogens with one attached hydrogen (secondary N) is 1. The van der Waals surface area contributed by atoms with Crippen LogP contribution in [0.3, 0.4) is 0 Å². The van der Waals surface area contributed by atoms with Crippen molar-refractivity contribution in [2.24, 2.45) is 0 Å². The summed E-state index contributed by atoms with van der Waals surface area (Å²) in [7, 11) is 1.52. The van der Waals surface area contributed by atoms with E-state index in [0.717, 1.165) is 11.1 Å². The van der Waals surface area contributed by atoms with Crippen LogP contribution >= 0.6 is 0 Å². The molecule has 0 bridgehead atoms. The van der Waals surface area contributed by atoms with Gasteiger partial charge in [-0.15, -0.1) is 6.58 Å². The Labute approximate surface area is 158 Å². The summed E-state index contributed by atoms with van der Waals surface area (Å²) in [6.07, 6.45) is 2.49. The topological polar surface area (TPSA) is 73.9 Å². The Morgan fingerprint density at radius 3 is 2.59 bits per heavy atom. The molecule has 0 aliphatic rings. The molecule has 0 aliphatic heterocycles. The number of methoxy groups -OCH3 is 1. The second kappa shape index (κ2) is 10.0. The summed E-state index contributed by atoms with van der Waals surface area (Å²) in [6, 6.07) is 12.7. The first-order valence-corrected chi connectivity index (χ1v) is 8.45. The van der Waals surface area contributed by atoms with Crippen LogP contribution in [0.2, 0.25) is 0 Å². The predicted octanol–water partition coefficient (Wildman–Crippen LogP) is 3.29. The first-order chi connectivity index (χ1) is 13.0. The van der Waals surface area contributed by atoms with Crippen LogP contribution in [0.15, 0.2) is 55.1 Å². The summed E-state index contributed by atoms with van der Waals surface area (Å²) in [4.78, 5) is 23.7. The van der Waals surface area contributed by atoms with Gasteiger partial charge in [0.1, 0.15) is 0 Å². The lowest BCUT2D eigenvalue weighted by Gasteiger charge is -2.12. The van der Waals surface area contributed by atoms with E-state index in [9.17, 15) is 9.59 Å². The number of hydrogen-bond donors (Lipinski definition) is 1. The third-order valence-corrected chi connectivity index (χ3v) is 3.74. The zero-order chi connectivity index (χ0) is 19.6. The van der Waals surface area contributed by atoms with Crippen LogP contribution < -0.4 is 14.8 Å². The maximum absolute atomic E-state index is 11.9. The Balaban J connectivity index is 1.81. The molecule has 6 nitrogen and oxygen atoms in total. The van der Waals surface area contributed by atoms with E-state index in [-0.39, 0.29) is 13.2 Å². The number of amides is 1. The molecule has 27 heavy (non-hydrogen) atoms. The number of carbonyl (C=O) groups is 2. The third kappa shape index (κ3) is 6.18. The van der Waals surface area contributed by atoms with Crippen molar-refractivity contribution in [3.8, 4) is 11.5 Å². The van der Waals surface area contributed by atoms with Crippen LogP contribution in [0, 0.1) is 6.92 Å². The van der Waals surface area contributed by atoms with Gasteiger partial charge in [0.25, 0.3) is 5.91 Å². The zero-order valence-corrected chi connectivity index (χ0v) is 15.5. The van der Waals surface area contributed by atoms with Crippen LogP contribution in [0.5, 0.6) is 11.5 Å². The van der Waals surface area contributed by atoms with Gasteiger partial charge in [0.05, 0.1) is 7.11 Å². The molecule has 0 spiro atoms. The fourth-order valence-corrected chi connectivity index (χ4v) is 2.35. The van der Waals surface area contributed by atoms with Gasteiger partial charge in [0, 0.05) is 5.69 Å². The highest BCUT2D eigenvalue weighted by molar-refractivity contribution is 5.93. The quantitative estimate of drug-likeness (QED) is 0.542. The number of benzene rings is 2. The number of allylic oxidation sites excluding steroid dienone is 1. The lowest BCUT2D eigenvalue weighted by atomic mass is 10.1. The Morgan fingerprint density at radius 1 is 1.11 bits per heavy atom. The van der Waals surface area contributed by atoms with Crippen LogP contribution in [0.1, 0.15) is 11.1 Å². The van der Waals surface area contributed by atoms with Crippen LogP contribution in [-0.4, -0.2) is 32.2 Å². The molecule has 0 radical (unpaired) electrons. The fraction of sp³-hybridized carbons (Fsp3) is 0.238. The predicted molar refractivity (Wildman–Crippen MR) is 103 cm³/mol. The van der Waals surface area contributed by atoms with Gasteiger partial charge < -0.3 is 19.5 Å². The summed E-state index contributed by atoms with van der Waals surface area (Å²) in [5.74, 6) is -0.123. The number of rotatable bonds is 9. The summed E-state index contributed by atoms with van der Waals surface area (Å²) in [5, 5.41) is 2.69. The van der Waals surface area contributed by atoms with Gasteiger partial charge >= 0.3 is 5.97 Å². The molecule has 0 heterocycles. The molecular weight excluding hydrogens is 346 g/mol. The molecular formula is C21H23NO5. The van der Waals surface area contributed by atoms with Gasteiger partial charge in [-0.05, 0) is 42.7 Å². The lowest BCUT2D eigenvalue weighted by Crippen LogP contribution is -2.24. The lowest BCUT2D eigenvalue weighted by molar-refractivity contribution is -0.149. The Kier molecular flexibility index (Phi) is 7.43. The molecule has 0 aromatic heterocycles. The number of esters is 1. The maximum atomic E-state index is 11.9. The van der Waals surface area contributed by atoms with Crippen molar-refractivity contribution < 1.29 is 23.8 Å². The summed E-state index contributed by atoms with van der Waals surface area (Å²) < 4.78 is 15.6. The number of ether oxygens (including phenoxy) is 3. The number of para-hydroxylation sites is 1. The average Bonchev–Trinajstić information content (AvgIpc) is 2.67. The van der Waals surface area contributed by atoms with Crippen molar-refractivity contribution in [2.45, 2.75) is 13.3 Å². The molecule has 0 aliphatic carbocycles. The van der Waals surface area contributed by atoms with E-state index in [2.05, 4.69) is 11.9 Å². The van der Waals surface area contributed by atoms with E-state index in [1.807, 2.05) is 37.3 Å². The SMILES string of the molecule is C=CCc1ccc(OCC(=O)OCC(=O)Nc2ccccc2C)c(OC)c1. The molecule has 2 aromatic carbocycles. The van der Waals surface area contributed by atoms with Crippen molar-refractivity contribution in [1.29, 1.82) is 0 Å². The molecule has 1 N–H and O–H groups in total. The summed E-state index contributed by atoms with van der Waals surface area (Å²) >= 11 is 0. The van der Waals surface area contributed by atoms with E-state index >= 15 is 0 Å². The minimum Gasteiger partial charge on any atom is -0.493 e. The number of hydrogen-bond acceptors (Lipinski definition) is 5. The van der Waals surface area contributed by atoms with Crippen molar-refractivity contribution in [1.82, 2.24) is 0 Å². The maximum Gasteiger partial charge on any atom is 0.344 e. The molecule has 6 heteroatoms. The third-order valence-electron chi connectivity index (χ3n) is 3.74. The van der Waals surface area contributed by atoms with Crippen molar-refractivity contribution >= 4 is 17.6 Å². The number of anilines is 1. The Bertz CT molecular complexity index is 816. The molecule has 1 amide bonds. The smallest absolute Gasteiger partial charge is 0.344 e. The molecule has 0 atom stereocenters. The van der Waals surface area contributed by atoms with E-state index in [1.54, 1.807) is 18.2 Å². The largest absolute Gasteiger partial charge is 0.493 e. The highest BCUT2D eigenvalue weighted by atomic mass is 16.6. The van der Waals surface area contributed by atoms with Crippen molar-refractivity contribution in [2.75, 3.05) is 25.6 Å². The molecule has 0 saturated carbocycles. The second-order valence-electron chi connectivity index (χ2n) is 5.79. The van der Waals surface area contributed by atoms with Crippen LogP contribution in [-0.2, 0) is 20.7 Å². The highest BCUT2D eigenvalue weighted by Crippen LogP contribution is 2.28. The van der Waals surface area contributed by atoms with Gasteiger partial charge in [0.2, 0.25) is 0 Å². The molecule has 0 saturated heterocycles. The first-order valence-electron chi connectivity index (χ1n) is 8.45. The fourth-order valence-electron chi connectivity index (χ4n) is 2.35. The van der Waals surface area contributed by atoms with Crippen LogP contribution in [0.4, 0.5) is 5.69 Å². The van der Waals surface area contributed by atoms with E-state index in [4.69, 9.17) is 14.2 Å². The van der Waals surface area contributed by atoms with Gasteiger partial charge in [-0.25, -0.2) is 4.79 Å². The number of aryl methyl sites for hydroxylation is 1. The standard InChI is InChI=1S/C21H23NO5/c1-4-7-16-10-11-18(19(12-16)25-3)26-14-21(24)27-13-20(23)22-17-9-6-5-8-15(17)2/h4-6,8-12H,1,7,13-14H2,2-3H3,(H,22,23). The number of carbonyl (C=O) groups excluding carboxylic acids is 2. The first kappa shape index (κ1) is 20.0. The van der Waals surface area contributed by atoms with Gasteiger partial charge in [-0.3, -0.25) is 4.79 Å². The molecule has 2 rings (SSSR count). The van der Waals surface area contributed by atoms with Crippen molar-refractivity contribution in [3.05, 3.63) is 66.2 Å². The minimum absolute atomic E-state index is 0.325. The van der Waals surface area contributed by atoms with Crippen molar-refractivity contribution in [3.63, 3.8) is 0 Å². The van der Waals surface area contributed by atoms with Gasteiger partial charge in [-0.2, -0.15) is 0 Å². The van der Waals surface area contributed by atoms with E-state index in [1.165, 1.54) is 7.11 Å². The molecule has 0 fully saturated rings. The second-order valence-corrected chi connectivity index (χ2v) is 5.79. The monoisotopic (exact) mass is 369 g/mol. The molecule has 0 unspecified atom stereocenters. The Morgan fingerprint density at radius 2 is 1.89 bits per heavy atom. The molecule has 142 valence electrons. The van der Waals surface area contributed by atoms with Gasteiger partial charge in [-0.1, -0.05) is 30.3 Å².